The molecule has 1 saturated carbocycles. The molecule has 1 atom stereocenters. The van der Waals surface area contributed by atoms with Crippen LogP contribution >= 0.6 is 12.4 Å². The minimum Gasteiger partial charge on any atom is -0.329 e. The third-order valence-electron chi connectivity index (χ3n) is 4.01. The number of rotatable bonds is 8. The lowest BCUT2D eigenvalue weighted by atomic mass is 9.84. The average Bonchev–Trinajstić information content (AvgIpc) is 2.43. The summed E-state index contributed by atoms with van der Waals surface area (Å²) in [6.45, 7) is 3.00. The molecule has 0 spiro atoms. The zero-order chi connectivity index (χ0) is 14.3. The largest absolute Gasteiger partial charge is 0.329 e. The van der Waals surface area contributed by atoms with Crippen molar-refractivity contribution in [3.8, 4) is 0 Å². The van der Waals surface area contributed by atoms with E-state index in [0.29, 0.717) is 19.0 Å². The van der Waals surface area contributed by atoms with E-state index in [1.165, 1.54) is 23.6 Å². The fraction of sp³-hybridized carbons (Fsp3) is 1.00. The van der Waals surface area contributed by atoms with Gasteiger partial charge in [0, 0.05) is 26.2 Å². The van der Waals surface area contributed by atoms with Crippen molar-refractivity contribution in [2.75, 3.05) is 20.1 Å². The Morgan fingerprint density at radius 2 is 1.90 bits per heavy atom. The number of halogens is 1. The standard InChI is InChI=1S/C13H29N3O2S.ClH/c1-3-4-10-16(2)19(17,18)15-13(11-14)12-8-6-5-7-9-12;/h12-13,15H,3-11,14H2,1-2H3;1H. The van der Waals surface area contributed by atoms with Crippen LogP contribution in [0.3, 0.4) is 0 Å². The predicted octanol–water partition coefficient (Wildman–Crippen LogP) is 1.88. The molecule has 0 amide bonds. The monoisotopic (exact) mass is 327 g/mol. The van der Waals surface area contributed by atoms with Crippen LogP contribution in [0.4, 0.5) is 0 Å². The second-order valence-corrected chi connectivity index (χ2v) is 7.35. The minimum absolute atomic E-state index is 0. The van der Waals surface area contributed by atoms with E-state index in [-0.39, 0.29) is 18.4 Å². The van der Waals surface area contributed by atoms with Crippen molar-refractivity contribution in [2.45, 2.75) is 57.9 Å². The maximum Gasteiger partial charge on any atom is 0.279 e. The van der Waals surface area contributed by atoms with Crippen molar-refractivity contribution in [1.82, 2.24) is 9.03 Å². The van der Waals surface area contributed by atoms with Gasteiger partial charge in [-0.25, -0.2) is 0 Å². The minimum atomic E-state index is -3.39. The van der Waals surface area contributed by atoms with Gasteiger partial charge in [-0.05, 0) is 25.2 Å². The normalized spacial score (nSPS) is 18.8. The Hall–Kier alpha value is 0.120. The Bertz CT molecular complexity index is 346. The molecule has 1 aliphatic rings. The number of nitrogens with zero attached hydrogens (tertiary/aromatic N) is 1. The smallest absolute Gasteiger partial charge is 0.279 e. The third-order valence-corrected chi connectivity index (χ3v) is 5.61. The highest BCUT2D eigenvalue weighted by molar-refractivity contribution is 7.87. The highest BCUT2D eigenvalue weighted by Gasteiger charge is 2.28. The van der Waals surface area contributed by atoms with Crippen LogP contribution < -0.4 is 10.5 Å². The molecule has 0 aromatic heterocycles. The Labute approximate surface area is 130 Å². The molecule has 0 aliphatic heterocycles. The van der Waals surface area contributed by atoms with Gasteiger partial charge in [0.2, 0.25) is 0 Å². The lowest BCUT2D eigenvalue weighted by molar-refractivity contribution is 0.290. The van der Waals surface area contributed by atoms with E-state index in [9.17, 15) is 8.42 Å². The summed E-state index contributed by atoms with van der Waals surface area (Å²) in [5.74, 6) is 0.396. The van der Waals surface area contributed by atoms with Gasteiger partial charge in [0.1, 0.15) is 0 Å². The number of hydrogen-bond acceptors (Lipinski definition) is 3. The van der Waals surface area contributed by atoms with Crippen LogP contribution in [-0.4, -0.2) is 38.9 Å². The number of nitrogens with one attached hydrogen (secondary N) is 1. The molecule has 20 heavy (non-hydrogen) atoms. The van der Waals surface area contributed by atoms with E-state index < -0.39 is 10.2 Å². The molecule has 0 aromatic rings. The molecule has 7 heteroatoms. The van der Waals surface area contributed by atoms with Crippen molar-refractivity contribution >= 4 is 22.6 Å². The summed E-state index contributed by atoms with van der Waals surface area (Å²) in [7, 11) is -1.76. The van der Waals surface area contributed by atoms with Crippen molar-refractivity contribution in [2.24, 2.45) is 11.7 Å². The summed E-state index contributed by atoms with van der Waals surface area (Å²) >= 11 is 0. The van der Waals surface area contributed by atoms with Crippen LogP contribution in [0.15, 0.2) is 0 Å². The molecule has 1 unspecified atom stereocenters. The Morgan fingerprint density at radius 1 is 1.30 bits per heavy atom. The zero-order valence-corrected chi connectivity index (χ0v) is 14.3. The van der Waals surface area contributed by atoms with E-state index in [1.54, 1.807) is 7.05 Å². The lowest BCUT2D eigenvalue weighted by Crippen LogP contribution is -2.50. The summed E-state index contributed by atoms with van der Waals surface area (Å²) in [6, 6.07) is -0.116. The Balaban J connectivity index is 0.00000361. The second-order valence-electron chi connectivity index (χ2n) is 5.54. The molecule has 0 saturated heterocycles. The van der Waals surface area contributed by atoms with Crippen molar-refractivity contribution in [1.29, 1.82) is 0 Å². The van der Waals surface area contributed by atoms with E-state index in [2.05, 4.69) is 11.6 Å². The topological polar surface area (TPSA) is 75.4 Å². The van der Waals surface area contributed by atoms with Gasteiger partial charge in [0.15, 0.2) is 0 Å². The third kappa shape index (κ3) is 6.26. The number of unbranched alkanes of at least 4 members (excludes halogenated alkanes) is 1. The number of hydrogen-bond donors (Lipinski definition) is 2. The van der Waals surface area contributed by atoms with Crippen molar-refractivity contribution in [3.05, 3.63) is 0 Å². The van der Waals surface area contributed by atoms with Gasteiger partial charge in [-0.1, -0.05) is 32.6 Å². The average molecular weight is 328 g/mol. The summed E-state index contributed by atoms with van der Waals surface area (Å²) in [6.07, 6.45) is 7.68. The van der Waals surface area contributed by atoms with Crippen LogP contribution in [0.25, 0.3) is 0 Å². The summed E-state index contributed by atoms with van der Waals surface area (Å²) in [5.41, 5.74) is 5.77. The van der Waals surface area contributed by atoms with Gasteiger partial charge in [-0.3, -0.25) is 0 Å². The molecular weight excluding hydrogens is 298 g/mol. The molecule has 0 bridgehead atoms. The lowest BCUT2D eigenvalue weighted by Gasteiger charge is -2.31. The second kappa shape index (κ2) is 9.95. The molecule has 1 aliphatic carbocycles. The van der Waals surface area contributed by atoms with Crippen molar-refractivity contribution in [3.63, 3.8) is 0 Å². The van der Waals surface area contributed by atoms with E-state index in [1.807, 2.05) is 0 Å². The molecule has 1 fully saturated rings. The molecule has 0 aromatic carbocycles. The van der Waals surface area contributed by atoms with Crippen LogP contribution in [0.1, 0.15) is 51.9 Å². The summed E-state index contributed by atoms with van der Waals surface area (Å²) in [5, 5.41) is 0. The highest BCUT2D eigenvalue weighted by Crippen LogP contribution is 2.26. The molecular formula is C13H30ClN3O2S. The Morgan fingerprint density at radius 3 is 2.40 bits per heavy atom. The zero-order valence-electron chi connectivity index (χ0n) is 12.7. The van der Waals surface area contributed by atoms with Gasteiger partial charge < -0.3 is 5.73 Å². The van der Waals surface area contributed by atoms with Crippen molar-refractivity contribution < 1.29 is 8.42 Å². The number of nitrogens with two attached hydrogens (primary N) is 1. The highest BCUT2D eigenvalue weighted by atomic mass is 35.5. The summed E-state index contributed by atoms with van der Waals surface area (Å²) < 4.78 is 28.6. The Kier molecular flexibility index (Phi) is 10.0. The van der Waals surface area contributed by atoms with Gasteiger partial charge in [-0.15, -0.1) is 12.4 Å². The maximum atomic E-state index is 12.2. The molecule has 0 radical (unpaired) electrons. The fourth-order valence-electron chi connectivity index (χ4n) is 2.66. The van der Waals surface area contributed by atoms with Crippen LogP contribution in [0.2, 0.25) is 0 Å². The van der Waals surface area contributed by atoms with Crippen LogP contribution in [-0.2, 0) is 10.2 Å². The SMILES string of the molecule is CCCCN(C)S(=O)(=O)NC(CN)C1CCCCC1.Cl. The quantitative estimate of drug-likeness (QED) is 0.714. The van der Waals surface area contributed by atoms with E-state index in [0.717, 1.165) is 25.7 Å². The first-order chi connectivity index (χ1) is 9.01. The fourth-order valence-corrected chi connectivity index (χ4v) is 3.88. The molecule has 3 N–H and O–H groups in total. The molecule has 5 nitrogen and oxygen atoms in total. The van der Waals surface area contributed by atoms with Gasteiger partial charge >= 0.3 is 0 Å². The summed E-state index contributed by atoms with van der Waals surface area (Å²) in [4.78, 5) is 0. The van der Waals surface area contributed by atoms with Gasteiger partial charge in [0.05, 0.1) is 0 Å². The van der Waals surface area contributed by atoms with Gasteiger partial charge in [-0.2, -0.15) is 17.4 Å². The van der Waals surface area contributed by atoms with Gasteiger partial charge in [0.25, 0.3) is 10.2 Å². The van der Waals surface area contributed by atoms with Crippen LogP contribution in [0.5, 0.6) is 0 Å². The maximum absolute atomic E-state index is 12.2. The van der Waals surface area contributed by atoms with E-state index >= 15 is 0 Å². The first-order valence-corrected chi connectivity index (χ1v) is 8.89. The molecule has 1 rings (SSSR count). The molecule has 0 heterocycles. The first kappa shape index (κ1) is 20.1. The van der Waals surface area contributed by atoms with E-state index in [4.69, 9.17) is 5.73 Å². The first-order valence-electron chi connectivity index (χ1n) is 7.45. The predicted molar refractivity (Wildman–Crippen MR) is 86.3 cm³/mol. The van der Waals surface area contributed by atoms with Crippen LogP contribution in [0, 0.1) is 5.92 Å². The molecule has 122 valence electrons.